The number of imidazole rings is 1. The third kappa shape index (κ3) is 2.91. The zero-order valence-corrected chi connectivity index (χ0v) is 15.0. The summed E-state index contributed by atoms with van der Waals surface area (Å²) in [6.45, 7) is 0.195. The lowest BCUT2D eigenvalue weighted by atomic mass is 10.1. The fourth-order valence-corrected chi connectivity index (χ4v) is 4.80. The summed E-state index contributed by atoms with van der Waals surface area (Å²) in [4.78, 5) is 12.2. The maximum atomic E-state index is 11.5. The highest BCUT2D eigenvalue weighted by atomic mass is 32.2. The molecule has 0 saturated carbocycles. The molecule has 2 N–H and O–H groups in total. The Morgan fingerprint density at radius 3 is 3.12 bits per heavy atom. The molecule has 0 aromatic carbocycles. The molecule has 0 bridgehead atoms. The summed E-state index contributed by atoms with van der Waals surface area (Å²) in [5.74, 6) is 2.95. The van der Waals surface area contributed by atoms with E-state index >= 15 is 0 Å². The average Bonchev–Trinajstić information content (AvgIpc) is 3.16. The van der Waals surface area contributed by atoms with Gasteiger partial charge in [0.25, 0.3) is 0 Å². The second kappa shape index (κ2) is 6.05. The third-order valence-corrected chi connectivity index (χ3v) is 6.17. The Morgan fingerprint density at radius 2 is 2.38 bits per heavy atom. The van der Waals surface area contributed by atoms with E-state index in [1.54, 1.807) is 6.20 Å². The van der Waals surface area contributed by atoms with Crippen molar-refractivity contribution in [3.05, 3.63) is 24.3 Å². The molecule has 0 amide bonds. The van der Waals surface area contributed by atoms with Gasteiger partial charge >= 0.3 is 0 Å². The van der Waals surface area contributed by atoms with Gasteiger partial charge in [0.15, 0.2) is 0 Å². The predicted octanol–water partition coefficient (Wildman–Crippen LogP) is 2.03. The molecule has 1 aliphatic rings. The van der Waals surface area contributed by atoms with Crippen LogP contribution in [0.5, 0.6) is 0 Å². The van der Waals surface area contributed by atoms with Crippen molar-refractivity contribution in [3.63, 3.8) is 0 Å². The summed E-state index contributed by atoms with van der Waals surface area (Å²) >= 11 is 1.94. The van der Waals surface area contributed by atoms with E-state index in [1.807, 2.05) is 24.0 Å². The quantitative estimate of drug-likeness (QED) is 0.738. The molecule has 0 radical (unpaired) electrons. The second-order valence-electron chi connectivity index (χ2n) is 6.09. The van der Waals surface area contributed by atoms with Gasteiger partial charge in [-0.1, -0.05) is 0 Å². The van der Waals surface area contributed by atoms with E-state index in [-0.39, 0.29) is 6.54 Å². The number of aromatic amines is 1. The molecule has 24 heavy (non-hydrogen) atoms. The number of sulfonamides is 1. The van der Waals surface area contributed by atoms with Crippen LogP contribution in [0.2, 0.25) is 0 Å². The van der Waals surface area contributed by atoms with E-state index in [1.165, 1.54) is 12.0 Å². The summed E-state index contributed by atoms with van der Waals surface area (Å²) < 4.78 is 27.8. The van der Waals surface area contributed by atoms with Crippen LogP contribution < -0.4 is 4.72 Å². The van der Waals surface area contributed by atoms with E-state index in [0.29, 0.717) is 6.04 Å². The van der Waals surface area contributed by atoms with Crippen LogP contribution in [0.4, 0.5) is 0 Å². The maximum absolute atomic E-state index is 11.5. The first-order valence-corrected chi connectivity index (χ1v) is 10.9. The third-order valence-electron chi connectivity index (χ3n) is 4.30. The summed E-state index contributed by atoms with van der Waals surface area (Å²) in [7, 11) is -3.27. The van der Waals surface area contributed by atoms with Gasteiger partial charge in [0.1, 0.15) is 17.0 Å². The molecule has 7 nitrogen and oxygen atoms in total. The number of fused-ring (bicyclic) bond motifs is 3. The number of hydrogen-bond donors (Lipinski definition) is 2. The van der Waals surface area contributed by atoms with Crippen molar-refractivity contribution in [2.24, 2.45) is 0 Å². The van der Waals surface area contributed by atoms with Crippen molar-refractivity contribution in [2.45, 2.75) is 25.4 Å². The lowest BCUT2D eigenvalue weighted by Gasteiger charge is -2.25. The number of rotatable bonds is 4. The molecule has 1 atom stereocenters. The SMILES string of the molecule is CS(=O)(=O)NCc1nc2cnc3[nH]ccc3c2n1[C@@H]1CCCSC1. The van der Waals surface area contributed by atoms with Crippen LogP contribution >= 0.6 is 11.8 Å². The molecule has 1 saturated heterocycles. The summed E-state index contributed by atoms with van der Waals surface area (Å²) in [6.07, 6.45) is 7.04. The zero-order valence-electron chi connectivity index (χ0n) is 13.3. The van der Waals surface area contributed by atoms with Crippen LogP contribution in [0.1, 0.15) is 24.7 Å². The van der Waals surface area contributed by atoms with Crippen molar-refractivity contribution in [3.8, 4) is 0 Å². The van der Waals surface area contributed by atoms with Gasteiger partial charge in [-0.2, -0.15) is 11.8 Å². The summed E-state index contributed by atoms with van der Waals surface area (Å²) in [5, 5.41) is 1.03. The standard InChI is InChI=1S/C15H19N5O2S2/c1-24(21,22)18-8-13-19-12-7-17-15-11(4-5-16-15)14(12)20(13)10-3-2-6-23-9-10/h4-5,7,10,18H,2-3,6,8-9H2,1H3,(H,16,17)/t10-/m1/s1. The molecule has 0 aliphatic carbocycles. The van der Waals surface area contributed by atoms with Crippen molar-refractivity contribution >= 4 is 43.9 Å². The van der Waals surface area contributed by atoms with Gasteiger partial charge in [0.05, 0.1) is 24.5 Å². The van der Waals surface area contributed by atoms with E-state index in [0.717, 1.165) is 46.5 Å². The first-order valence-electron chi connectivity index (χ1n) is 7.88. The van der Waals surface area contributed by atoms with Crippen molar-refractivity contribution in [2.75, 3.05) is 17.8 Å². The Morgan fingerprint density at radius 1 is 1.50 bits per heavy atom. The minimum atomic E-state index is -3.27. The molecule has 1 fully saturated rings. The number of H-pyrrole nitrogens is 1. The summed E-state index contributed by atoms with van der Waals surface area (Å²) in [5.41, 5.74) is 2.68. The molecule has 128 valence electrons. The highest BCUT2D eigenvalue weighted by Crippen LogP contribution is 2.33. The fourth-order valence-electron chi connectivity index (χ4n) is 3.28. The highest BCUT2D eigenvalue weighted by Gasteiger charge is 2.23. The number of hydrogen-bond acceptors (Lipinski definition) is 5. The van der Waals surface area contributed by atoms with Gasteiger partial charge in [-0.15, -0.1) is 0 Å². The number of aromatic nitrogens is 4. The monoisotopic (exact) mass is 365 g/mol. The fraction of sp³-hybridized carbons (Fsp3) is 0.467. The minimum Gasteiger partial charge on any atom is -0.346 e. The van der Waals surface area contributed by atoms with Crippen LogP contribution in [0.25, 0.3) is 22.1 Å². The smallest absolute Gasteiger partial charge is 0.209 e. The first-order chi connectivity index (χ1) is 11.5. The van der Waals surface area contributed by atoms with E-state index in [2.05, 4.69) is 24.2 Å². The Balaban J connectivity index is 1.89. The minimum absolute atomic E-state index is 0.195. The lowest BCUT2D eigenvalue weighted by molar-refractivity contribution is 0.490. The Bertz CT molecular complexity index is 986. The van der Waals surface area contributed by atoms with Gasteiger partial charge in [-0.05, 0) is 24.7 Å². The van der Waals surface area contributed by atoms with E-state index in [9.17, 15) is 8.42 Å². The molecule has 4 rings (SSSR count). The first kappa shape index (κ1) is 15.9. The lowest BCUT2D eigenvalue weighted by Crippen LogP contribution is -2.26. The van der Waals surface area contributed by atoms with Gasteiger partial charge in [0, 0.05) is 23.4 Å². The molecular weight excluding hydrogens is 346 g/mol. The van der Waals surface area contributed by atoms with Gasteiger partial charge in [-0.3, -0.25) is 0 Å². The molecule has 0 unspecified atom stereocenters. The molecule has 9 heteroatoms. The Labute approximate surface area is 144 Å². The van der Waals surface area contributed by atoms with Gasteiger partial charge < -0.3 is 9.55 Å². The molecule has 3 aromatic rings. The number of pyridine rings is 1. The Kier molecular flexibility index (Phi) is 4.01. The summed E-state index contributed by atoms with van der Waals surface area (Å²) in [6, 6.07) is 2.33. The van der Waals surface area contributed by atoms with E-state index < -0.39 is 10.0 Å². The largest absolute Gasteiger partial charge is 0.346 e. The van der Waals surface area contributed by atoms with Crippen LogP contribution in [0, 0.1) is 0 Å². The topological polar surface area (TPSA) is 92.7 Å². The van der Waals surface area contributed by atoms with Crippen molar-refractivity contribution < 1.29 is 8.42 Å². The normalized spacial score (nSPS) is 19.3. The second-order valence-corrected chi connectivity index (χ2v) is 9.08. The highest BCUT2D eigenvalue weighted by molar-refractivity contribution is 7.99. The molecule has 4 heterocycles. The van der Waals surface area contributed by atoms with Gasteiger partial charge in [0.2, 0.25) is 10.0 Å². The van der Waals surface area contributed by atoms with Crippen LogP contribution in [-0.2, 0) is 16.6 Å². The number of thioether (sulfide) groups is 1. The maximum Gasteiger partial charge on any atom is 0.209 e. The van der Waals surface area contributed by atoms with Crippen molar-refractivity contribution in [1.29, 1.82) is 0 Å². The average molecular weight is 365 g/mol. The van der Waals surface area contributed by atoms with Crippen molar-refractivity contribution in [1.82, 2.24) is 24.2 Å². The molecular formula is C15H19N5O2S2. The van der Waals surface area contributed by atoms with Gasteiger partial charge in [-0.25, -0.2) is 23.1 Å². The molecule has 3 aromatic heterocycles. The number of nitrogens with one attached hydrogen (secondary N) is 2. The molecule has 0 spiro atoms. The van der Waals surface area contributed by atoms with Crippen LogP contribution in [0.3, 0.4) is 0 Å². The van der Waals surface area contributed by atoms with Crippen LogP contribution in [0.15, 0.2) is 18.5 Å². The zero-order chi connectivity index (χ0) is 16.7. The Hall–Kier alpha value is -1.58. The van der Waals surface area contributed by atoms with Crippen LogP contribution in [-0.4, -0.2) is 45.7 Å². The molecule has 1 aliphatic heterocycles. The van der Waals surface area contributed by atoms with E-state index in [4.69, 9.17) is 0 Å². The number of nitrogens with zero attached hydrogens (tertiary/aromatic N) is 3. The predicted molar refractivity (Wildman–Crippen MR) is 96.7 cm³/mol.